The number of piperazine rings is 1. The van der Waals surface area contributed by atoms with Crippen LogP contribution < -0.4 is 10.6 Å². The maximum atomic E-state index is 13.0. The Morgan fingerprint density at radius 2 is 1.94 bits per heavy atom. The number of rotatable bonds is 5. The molecular weight excluding hydrogens is 464 g/mol. The number of fused-ring (bicyclic) bond motifs is 2. The van der Waals surface area contributed by atoms with Crippen LogP contribution >= 0.6 is 22.7 Å². The Morgan fingerprint density at radius 3 is 2.85 bits per heavy atom. The van der Waals surface area contributed by atoms with Crippen molar-refractivity contribution in [2.75, 3.05) is 31.5 Å². The van der Waals surface area contributed by atoms with Gasteiger partial charge in [0.15, 0.2) is 0 Å². The summed E-state index contributed by atoms with van der Waals surface area (Å²) in [6.45, 7) is 5.02. The molecule has 0 spiro atoms. The lowest BCUT2D eigenvalue weighted by atomic mass is 10.1. The van der Waals surface area contributed by atoms with Gasteiger partial charge in [0.2, 0.25) is 0 Å². The molecule has 0 aliphatic carbocycles. The number of benzene rings is 2. The van der Waals surface area contributed by atoms with E-state index < -0.39 is 0 Å². The van der Waals surface area contributed by atoms with Crippen LogP contribution in [0.4, 0.5) is 5.69 Å². The van der Waals surface area contributed by atoms with Crippen LogP contribution in [0.3, 0.4) is 0 Å². The highest BCUT2D eigenvalue weighted by Gasteiger charge is 2.16. The van der Waals surface area contributed by atoms with Crippen LogP contribution in [0.1, 0.15) is 15.9 Å². The first kappa shape index (κ1) is 21.3. The second-order valence-corrected chi connectivity index (χ2v) is 10.1. The van der Waals surface area contributed by atoms with Gasteiger partial charge in [-0.05, 0) is 42.0 Å². The first-order valence-electron chi connectivity index (χ1n) is 11.2. The highest BCUT2D eigenvalue weighted by molar-refractivity contribution is 7.21. The molecule has 5 aromatic rings. The molecule has 0 radical (unpaired) electrons. The van der Waals surface area contributed by atoms with E-state index in [2.05, 4.69) is 31.6 Å². The number of amides is 1. The lowest BCUT2D eigenvalue weighted by Crippen LogP contribution is -2.42. The molecule has 6 rings (SSSR count). The van der Waals surface area contributed by atoms with Crippen molar-refractivity contribution in [3.8, 4) is 10.6 Å². The van der Waals surface area contributed by atoms with Crippen molar-refractivity contribution in [2.24, 2.45) is 0 Å². The number of carbonyl (C=O) groups excluding carboxylic acids is 1. The summed E-state index contributed by atoms with van der Waals surface area (Å²) >= 11 is 3.07. The van der Waals surface area contributed by atoms with Crippen molar-refractivity contribution in [1.29, 1.82) is 0 Å². The minimum absolute atomic E-state index is 0.153. The first-order chi connectivity index (χ1) is 16.7. The van der Waals surface area contributed by atoms with Crippen molar-refractivity contribution < 1.29 is 4.79 Å². The van der Waals surface area contributed by atoms with E-state index in [4.69, 9.17) is 4.98 Å². The van der Waals surface area contributed by atoms with Crippen LogP contribution in [0.2, 0.25) is 0 Å². The Bertz CT molecular complexity index is 1490. The van der Waals surface area contributed by atoms with Crippen LogP contribution in [-0.4, -0.2) is 51.9 Å². The third-order valence-corrected chi connectivity index (χ3v) is 7.72. The minimum Gasteiger partial charge on any atom is -0.321 e. The standard InChI is InChI=1S/C25H22N6OS2/c32-23(17-5-6-20-22(12-17)33-15-28-20)29-19-4-2-1-3-18(19)24-30-21-11-16(13-27-25(21)34-24)14-31-9-7-26-8-10-31/h1-6,11-13,15,26H,7-10,14H2,(H,29,32). The normalized spacial score (nSPS) is 14.6. The van der Waals surface area contributed by atoms with Gasteiger partial charge in [-0.1, -0.05) is 23.5 Å². The fourth-order valence-corrected chi connectivity index (χ4v) is 5.81. The van der Waals surface area contributed by atoms with E-state index in [1.807, 2.05) is 48.7 Å². The zero-order valence-corrected chi connectivity index (χ0v) is 20.0. The number of anilines is 1. The molecule has 4 heterocycles. The Morgan fingerprint density at radius 1 is 1.06 bits per heavy atom. The summed E-state index contributed by atoms with van der Waals surface area (Å²) in [4.78, 5) is 30.2. The van der Waals surface area contributed by atoms with Gasteiger partial charge in [0.25, 0.3) is 5.91 Å². The number of hydrogen-bond donors (Lipinski definition) is 2. The molecule has 2 N–H and O–H groups in total. The lowest BCUT2D eigenvalue weighted by molar-refractivity contribution is 0.102. The molecular formula is C25H22N6OS2. The summed E-state index contributed by atoms with van der Waals surface area (Å²) in [6.07, 6.45) is 1.95. The Kier molecular flexibility index (Phi) is 5.76. The maximum absolute atomic E-state index is 13.0. The summed E-state index contributed by atoms with van der Waals surface area (Å²) < 4.78 is 0.995. The molecule has 170 valence electrons. The lowest BCUT2D eigenvalue weighted by Gasteiger charge is -2.26. The monoisotopic (exact) mass is 486 g/mol. The minimum atomic E-state index is -0.153. The predicted molar refractivity (Wildman–Crippen MR) is 139 cm³/mol. The molecule has 1 aliphatic heterocycles. The number of nitrogens with zero attached hydrogens (tertiary/aromatic N) is 4. The topological polar surface area (TPSA) is 83.0 Å². The SMILES string of the molecule is O=C(Nc1ccccc1-c1nc2cc(CN3CCNCC3)cnc2s1)c1ccc2ncsc2c1. The number of thiazole rings is 2. The van der Waals surface area contributed by atoms with E-state index in [9.17, 15) is 4.79 Å². The maximum Gasteiger partial charge on any atom is 0.255 e. The van der Waals surface area contributed by atoms with Crippen LogP contribution in [0.25, 0.3) is 31.1 Å². The molecule has 1 amide bonds. The summed E-state index contributed by atoms with van der Waals surface area (Å²) in [5, 5.41) is 7.30. The van der Waals surface area contributed by atoms with Gasteiger partial charge in [-0.15, -0.1) is 11.3 Å². The van der Waals surface area contributed by atoms with Crippen LogP contribution in [0.15, 0.2) is 60.2 Å². The van der Waals surface area contributed by atoms with Gasteiger partial charge < -0.3 is 10.6 Å². The molecule has 34 heavy (non-hydrogen) atoms. The molecule has 3 aromatic heterocycles. The summed E-state index contributed by atoms with van der Waals surface area (Å²) in [7, 11) is 0. The molecule has 1 fully saturated rings. The predicted octanol–water partition coefficient (Wildman–Crippen LogP) is 4.63. The van der Waals surface area contributed by atoms with E-state index in [1.54, 1.807) is 16.8 Å². The number of pyridine rings is 1. The third kappa shape index (κ3) is 4.30. The van der Waals surface area contributed by atoms with Gasteiger partial charge in [-0.2, -0.15) is 0 Å². The fourth-order valence-electron chi connectivity index (χ4n) is 4.16. The Balaban J connectivity index is 1.26. The molecule has 1 saturated heterocycles. The van der Waals surface area contributed by atoms with Crippen molar-refractivity contribution in [3.63, 3.8) is 0 Å². The van der Waals surface area contributed by atoms with Gasteiger partial charge in [-0.3, -0.25) is 9.69 Å². The molecule has 0 unspecified atom stereocenters. The van der Waals surface area contributed by atoms with E-state index in [0.717, 1.165) is 69.5 Å². The van der Waals surface area contributed by atoms with Gasteiger partial charge in [0.05, 0.1) is 21.4 Å². The number of carbonyl (C=O) groups is 1. The summed E-state index contributed by atoms with van der Waals surface area (Å²) in [5.41, 5.74) is 6.99. The largest absolute Gasteiger partial charge is 0.321 e. The summed E-state index contributed by atoms with van der Waals surface area (Å²) in [6, 6.07) is 15.5. The van der Waals surface area contributed by atoms with E-state index >= 15 is 0 Å². The van der Waals surface area contributed by atoms with Crippen molar-refractivity contribution in [3.05, 3.63) is 71.4 Å². The smallest absolute Gasteiger partial charge is 0.255 e. The quantitative estimate of drug-likeness (QED) is 0.377. The zero-order chi connectivity index (χ0) is 22.9. The Hall–Kier alpha value is -3.24. The van der Waals surface area contributed by atoms with Gasteiger partial charge in [0, 0.05) is 50.0 Å². The van der Waals surface area contributed by atoms with Crippen molar-refractivity contribution in [1.82, 2.24) is 25.2 Å². The first-order valence-corrected chi connectivity index (χ1v) is 12.8. The van der Waals surface area contributed by atoms with Crippen LogP contribution in [0.5, 0.6) is 0 Å². The zero-order valence-electron chi connectivity index (χ0n) is 18.3. The molecule has 9 heteroatoms. The highest BCUT2D eigenvalue weighted by Crippen LogP contribution is 2.34. The second-order valence-electron chi connectivity index (χ2n) is 8.25. The fraction of sp³-hybridized carbons (Fsp3) is 0.200. The van der Waals surface area contributed by atoms with Gasteiger partial charge in [0.1, 0.15) is 15.4 Å². The molecule has 7 nitrogen and oxygen atoms in total. The third-order valence-electron chi connectivity index (χ3n) is 5.92. The summed E-state index contributed by atoms with van der Waals surface area (Å²) in [5.74, 6) is -0.153. The van der Waals surface area contributed by atoms with Gasteiger partial charge >= 0.3 is 0 Å². The van der Waals surface area contributed by atoms with E-state index in [0.29, 0.717) is 5.56 Å². The second kappa shape index (κ2) is 9.19. The van der Waals surface area contributed by atoms with Crippen LogP contribution in [0, 0.1) is 0 Å². The molecule has 0 saturated carbocycles. The number of para-hydroxylation sites is 1. The van der Waals surface area contributed by atoms with E-state index in [1.165, 1.54) is 16.9 Å². The molecule has 1 aliphatic rings. The van der Waals surface area contributed by atoms with Crippen LogP contribution in [-0.2, 0) is 6.54 Å². The number of nitrogens with one attached hydrogen (secondary N) is 2. The van der Waals surface area contributed by atoms with Crippen molar-refractivity contribution >= 4 is 54.8 Å². The molecule has 0 atom stereocenters. The van der Waals surface area contributed by atoms with E-state index in [-0.39, 0.29) is 5.91 Å². The van der Waals surface area contributed by atoms with Crippen molar-refractivity contribution in [2.45, 2.75) is 6.54 Å². The highest BCUT2D eigenvalue weighted by atomic mass is 32.1. The van der Waals surface area contributed by atoms with Gasteiger partial charge in [-0.25, -0.2) is 15.0 Å². The Labute approximate surface area is 204 Å². The molecule has 2 aromatic carbocycles. The molecule has 0 bridgehead atoms. The average molecular weight is 487 g/mol. The average Bonchev–Trinajstić information content (AvgIpc) is 3.51. The number of hydrogen-bond acceptors (Lipinski definition) is 8. The number of aromatic nitrogens is 3.